The lowest BCUT2D eigenvalue weighted by Crippen LogP contribution is -1.98. The molecule has 0 bridgehead atoms. The van der Waals surface area contributed by atoms with Crippen molar-refractivity contribution in [1.29, 1.82) is 5.26 Å². The molecule has 0 spiro atoms. The number of nitro benzene ring substituents is 1. The Balaban J connectivity index is 1.56. The molecule has 0 aliphatic carbocycles. The minimum atomic E-state index is -0.483. The maximum atomic E-state index is 11.0. The number of nitrogens with zero attached hydrogens (tertiary/aromatic N) is 2. The van der Waals surface area contributed by atoms with E-state index in [9.17, 15) is 15.4 Å². The summed E-state index contributed by atoms with van der Waals surface area (Å²) in [5.74, 6) is 1.11. The van der Waals surface area contributed by atoms with E-state index in [2.05, 4.69) is 30.3 Å². The molecule has 0 heterocycles. The van der Waals surface area contributed by atoms with E-state index in [0.717, 1.165) is 10.9 Å². The smallest absolute Gasteiger partial charge is 0.270 e. The molecule has 0 aliphatic rings. The lowest BCUT2D eigenvalue weighted by atomic mass is 10.0. The van der Waals surface area contributed by atoms with Crippen LogP contribution in [0.25, 0.3) is 22.4 Å². The van der Waals surface area contributed by atoms with Gasteiger partial charge in [0, 0.05) is 12.1 Å². The quantitative estimate of drug-likeness (QED) is 0.145. The summed E-state index contributed by atoms with van der Waals surface area (Å²) < 4.78 is 11.5. The van der Waals surface area contributed by atoms with Crippen molar-refractivity contribution in [3.63, 3.8) is 0 Å². The van der Waals surface area contributed by atoms with Crippen LogP contribution in [-0.4, -0.2) is 12.0 Å². The summed E-state index contributed by atoms with van der Waals surface area (Å²) in [6, 6.07) is 27.8. The Bertz CT molecular complexity index is 1400. The third-order valence-electron chi connectivity index (χ3n) is 5.20. The van der Waals surface area contributed by atoms with E-state index in [1.807, 2.05) is 24.3 Å². The molecule has 0 saturated heterocycles. The third-order valence-corrected chi connectivity index (χ3v) is 5.20. The molecule has 0 unspecified atom stereocenters. The highest BCUT2D eigenvalue weighted by Crippen LogP contribution is 2.31. The molecule has 0 atom stereocenters. The van der Waals surface area contributed by atoms with Crippen molar-refractivity contribution in [3.8, 4) is 17.6 Å². The van der Waals surface area contributed by atoms with Gasteiger partial charge in [0.2, 0.25) is 0 Å². The van der Waals surface area contributed by atoms with E-state index in [0.29, 0.717) is 34.8 Å². The van der Waals surface area contributed by atoms with Crippen LogP contribution in [0.4, 0.5) is 5.69 Å². The fourth-order valence-electron chi connectivity index (χ4n) is 3.52. The van der Waals surface area contributed by atoms with Crippen LogP contribution in [0.2, 0.25) is 0 Å². The fraction of sp³-hybridized carbons (Fsp3) is 0.0741. The number of fused-ring (bicyclic) bond motifs is 1. The summed E-state index contributed by atoms with van der Waals surface area (Å²) >= 11 is 0. The Morgan fingerprint density at radius 1 is 0.970 bits per heavy atom. The number of allylic oxidation sites excluding steroid dienone is 1. The van der Waals surface area contributed by atoms with Gasteiger partial charge in [-0.1, -0.05) is 54.6 Å². The van der Waals surface area contributed by atoms with Crippen LogP contribution >= 0.6 is 0 Å². The van der Waals surface area contributed by atoms with Crippen molar-refractivity contribution in [3.05, 3.63) is 112 Å². The zero-order chi connectivity index (χ0) is 23.2. The molecule has 0 N–H and O–H groups in total. The summed E-state index contributed by atoms with van der Waals surface area (Å²) in [5.41, 5.74) is 2.47. The average Bonchev–Trinajstić information content (AvgIpc) is 2.86. The number of ether oxygens (including phenoxy) is 2. The van der Waals surface area contributed by atoms with Crippen LogP contribution < -0.4 is 9.47 Å². The van der Waals surface area contributed by atoms with Gasteiger partial charge in [0.15, 0.2) is 11.5 Å². The Hall–Kier alpha value is -4.63. The summed E-state index contributed by atoms with van der Waals surface area (Å²) in [7, 11) is 1.55. The summed E-state index contributed by atoms with van der Waals surface area (Å²) in [5, 5.41) is 23.0. The number of hydrogen-bond donors (Lipinski definition) is 0. The summed E-state index contributed by atoms with van der Waals surface area (Å²) in [6.07, 6.45) is 1.66. The van der Waals surface area contributed by atoms with Gasteiger partial charge in [0.05, 0.1) is 23.7 Å². The number of benzene rings is 4. The van der Waals surface area contributed by atoms with Crippen molar-refractivity contribution in [2.75, 3.05) is 7.11 Å². The fourth-order valence-corrected chi connectivity index (χ4v) is 3.52. The van der Waals surface area contributed by atoms with Gasteiger partial charge in [-0.15, -0.1) is 0 Å². The van der Waals surface area contributed by atoms with Gasteiger partial charge in [-0.3, -0.25) is 10.1 Å². The molecule has 0 radical (unpaired) electrons. The number of rotatable bonds is 7. The Labute approximate surface area is 191 Å². The highest BCUT2D eigenvalue weighted by molar-refractivity contribution is 5.90. The monoisotopic (exact) mass is 436 g/mol. The maximum absolute atomic E-state index is 11.0. The maximum Gasteiger partial charge on any atom is 0.270 e. The first-order valence-corrected chi connectivity index (χ1v) is 10.2. The first-order chi connectivity index (χ1) is 16.1. The second-order valence-corrected chi connectivity index (χ2v) is 7.36. The zero-order valence-electron chi connectivity index (χ0n) is 17.9. The minimum Gasteiger partial charge on any atom is -0.493 e. The molecule has 4 rings (SSSR count). The Kier molecular flexibility index (Phi) is 6.33. The molecule has 6 nitrogen and oxygen atoms in total. The first kappa shape index (κ1) is 21.6. The van der Waals surface area contributed by atoms with Crippen LogP contribution in [0.15, 0.2) is 84.9 Å². The SMILES string of the molecule is COc1cc(/C=C(/C#N)c2cccc([N+](=O)[O-])c2)ccc1OCc1ccc2ccccc2c1. The van der Waals surface area contributed by atoms with E-state index >= 15 is 0 Å². The predicted molar refractivity (Wildman–Crippen MR) is 128 cm³/mol. The van der Waals surface area contributed by atoms with Crippen LogP contribution in [0.1, 0.15) is 16.7 Å². The van der Waals surface area contributed by atoms with Crippen LogP contribution in [0.5, 0.6) is 11.5 Å². The van der Waals surface area contributed by atoms with E-state index in [1.54, 1.807) is 37.5 Å². The van der Waals surface area contributed by atoms with E-state index < -0.39 is 4.92 Å². The average molecular weight is 436 g/mol. The van der Waals surface area contributed by atoms with Crippen molar-refractivity contribution in [2.24, 2.45) is 0 Å². The minimum absolute atomic E-state index is 0.0660. The molecule has 0 amide bonds. The molecule has 0 aromatic heterocycles. The molecule has 0 fully saturated rings. The number of hydrogen-bond acceptors (Lipinski definition) is 5. The first-order valence-electron chi connectivity index (χ1n) is 10.2. The van der Waals surface area contributed by atoms with Gasteiger partial charge in [-0.2, -0.15) is 5.26 Å². The molecule has 162 valence electrons. The summed E-state index contributed by atoms with van der Waals surface area (Å²) in [4.78, 5) is 10.6. The van der Waals surface area contributed by atoms with Gasteiger partial charge in [0.1, 0.15) is 6.61 Å². The van der Waals surface area contributed by atoms with Gasteiger partial charge >= 0.3 is 0 Å². The van der Waals surface area contributed by atoms with Crippen molar-refractivity contribution >= 4 is 28.1 Å². The number of nitriles is 1. The Morgan fingerprint density at radius 2 is 1.79 bits per heavy atom. The zero-order valence-corrected chi connectivity index (χ0v) is 17.9. The van der Waals surface area contributed by atoms with Crippen LogP contribution in [0.3, 0.4) is 0 Å². The molecule has 0 aliphatic heterocycles. The second kappa shape index (κ2) is 9.67. The molecular formula is C27H20N2O4. The predicted octanol–water partition coefficient (Wildman–Crippen LogP) is 6.40. The lowest BCUT2D eigenvalue weighted by molar-refractivity contribution is -0.384. The molecular weight excluding hydrogens is 416 g/mol. The number of methoxy groups -OCH3 is 1. The highest BCUT2D eigenvalue weighted by Gasteiger charge is 2.11. The molecule has 4 aromatic carbocycles. The van der Waals surface area contributed by atoms with E-state index in [4.69, 9.17) is 9.47 Å². The van der Waals surface area contributed by atoms with Crippen molar-refractivity contribution in [2.45, 2.75) is 6.61 Å². The standard InChI is InChI=1S/C27H20N2O4/c1-32-27-15-19(13-24(17-28)23-7-4-8-25(16-23)29(30)31)10-12-26(27)33-18-20-9-11-21-5-2-3-6-22(21)14-20/h2-16H,18H2,1H3/b24-13-. The number of nitro groups is 1. The normalized spacial score (nSPS) is 11.1. The topological polar surface area (TPSA) is 85.4 Å². The molecule has 6 heteroatoms. The van der Waals surface area contributed by atoms with Crippen molar-refractivity contribution in [1.82, 2.24) is 0 Å². The highest BCUT2D eigenvalue weighted by atomic mass is 16.6. The largest absolute Gasteiger partial charge is 0.493 e. The summed E-state index contributed by atoms with van der Waals surface area (Å²) in [6.45, 7) is 0.382. The van der Waals surface area contributed by atoms with Crippen molar-refractivity contribution < 1.29 is 14.4 Å². The van der Waals surface area contributed by atoms with Gasteiger partial charge < -0.3 is 9.47 Å². The van der Waals surface area contributed by atoms with Crippen LogP contribution in [-0.2, 0) is 6.61 Å². The second-order valence-electron chi connectivity index (χ2n) is 7.36. The number of non-ortho nitro benzene ring substituents is 1. The van der Waals surface area contributed by atoms with Gasteiger partial charge in [-0.05, 0) is 51.7 Å². The van der Waals surface area contributed by atoms with E-state index in [-0.39, 0.29) is 5.69 Å². The molecule has 0 saturated carbocycles. The van der Waals surface area contributed by atoms with Crippen LogP contribution in [0, 0.1) is 21.4 Å². The molecule has 33 heavy (non-hydrogen) atoms. The third kappa shape index (κ3) is 5.00. The van der Waals surface area contributed by atoms with Gasteiger partial charge in [-0.25, -0.2) is 0 Å². The van der Waals surface area contributed by atoms with E-state index in [1.165, 1.54) is 17.5 Å². The Morgan fingerprint density at radius 3 is 2.55 bits per heavy atom. The van der Waals surface area contributed by atoms with Gasteiger partial charge in [0.25, 0.3) is 5.69 Å². The lowest BCUT2D eigenvalue weighted by Gasteiger charge is -2.12. The molecule has 4 aromatic rings.